The molecule has 0 aliphatic carbocycles. The number of nitrogens with one attached hydrogen (secondary N) is 8. The molecule has 1 aliphatic rings. The van der Waals surface area contributed by atoms with Gasteiger partial charge in [-0.3, -0.25) is 91.1 Å². The Kier molecular flexibility index (Phi) is 47.5. The van der Waals surface area contributed by atoms with Crippen LogP contribution in [0.2, 0.25) is 0 Å². The van der Waals surface area contributed by atoms with E-state index in [1.807, 2.05) is 0 Å². The molecular weight excluding hydrogens is 1670 g/mol. The zero-order valence-corrected chi connectivity index (χ0v) is 73.6. The van der Waals surface area contributed by atoms with E-state index in [1.165, 1.54) is 53.4 Å². The number of piperidine rings is 1. The zero-order valence-electron chi connectivity index (χ0n) is 73.6. The van der Waals surface area contributed by atoms with Gasteiger partial charge in [0.15, 0.2) is 40.5 Å². The highest BCUT2D eigenvalue weighted by atomic mass is 16.4. The van der Waals surface area contributed by atoms with Crippen LogP contribution >= 0.6 is 0 Å². The van der Waals surface area contributed by atoms with E-state index in [9.17, 15) is 137 Å². The van der Waals surface area contributed by atoms with Gasteiger partial charge in [-0.05, 0) is 138 Å². The highest BCUT2D eigenvalue weighted by molar-refractivity contribution is 6.01. The summed E-state index contributed by atoms with van der Waals surface area (Å²) in [5.41, 5.74) is 6.77. The van der Waals surface area contributed by atoms with Gasteiger partial charge in [0.25, 0.3) is 0 Å². The number of aliphatic hydroxyl groups is 4. The molecule has 19 N–H and O–H groups in total. The van der Waals surface area contributed by atoms with Crippen molar-refractivity contribution in [3.05, 3.63) is 95.6 Å². The van der Waals surface area contributed by atoms with Gasteiger partial charge in [0, 0.05) is 82.2 Å². The Hall–Kier alpha value is -11.6. The number of carboxylic acid groups (broad SMARTS) is 3. The Morgan fingerprint density at radius 1 is 0.438 bits per heavy atom. The van der Waals surface area contributed by atoms with E-state index >= 15 is 0 Å². The van der Waals surface area contributed by atoms with Crippen molar-refractivity contribution in [3.8, 4) is 11.5 Å². The summed E-state index contributed by atoms with van der Waals surface area (Å²) in [4.78, 5) is 261. The van der Waals surface area contributed by atoms with Gasteiger partial charge in [-0.2, -0.15) is 0 Å². The highest BCUT2D eigenvalue weighted by Crippen LogP contribution is 2.26. The molecule has 1 aliphatic heterocycles. The number of amides is 9. The number of carboxylic acids is 3. The molecule has 1 fully saturated rings. The highest BCUT2D eigenvalue weighted by Gasteiger charge is 2.41. The molecule has 38 heteroatoms. The van der Waals surface area contributed by atoms with Crippen molar-refractivity contribution in [2.75, 3.05) is 45.9 Å². The summed E-state index contributed by atoms with van der Waals surface area (Å²) in [6.07, 6.45) is -8.72. The third-order valence-corrected chi connectivity index (χ3v) is 22.4. The smallest absolute Gasteiger partial charge is 0.304 e. The van der Waals surface area contributed by atoms with Crippen LogP contribution in [0.3, 0.4) is 0 Å². The number of unbranched alkanes of at least 4 members (excludes halogenated alkanes) is 1. The summed E-state index contributed by atoms with van der Waals surface area (Å²) in [5.74, 6) is -30.6. The fourth-order valence-electron chi connectivity index (χ4n) is 14.7. The number of nitrogens with zero attached hydrogens (tertiary/aromatic N) is 1. The van der Waals surface area contributed by atoms with Gasteiger partial charge >= 0.3 is 17.9 Å². The average molecular weight is 1800 g/mol. The van der Waals surface area contributed by atoms with Crippen LogP contribution in [0.1, 0.15) is 187 Å². The number of nitrogens with two attached hydrogens (primary N) is 1. The van der Waals surface area contributed by atoms with E-state index in [2.05, 4.69) is 42.5 Å². The molecule has 128 heavy (non-hydrogen) atoms. The predicted molar refractivity (Wildman–Crippen MR) is 460 cm³/mol. The first-order valence-electron chi connectivity index (χ1n) is 43.3. The Bertz CT molecular complexity index is 4280. The fraction of sp³-hybridized carbons (Fsp3) is 0.589. The molecule has 0 unspecified atom stereocenters. The van der Waals surface area contributed by atoms with E-state index in [1.54, 1.807) is 65.0 Å². The number of Topliss-reactive ketones (excluding diaryl/α,β-unsaturated/α-hetero) is 7. The largest absolute Gasteiger partial charge is 0.508 e. The average Bonchev–Trinajstić information content (AvgIpc) is 0.844. The summed E-state index contributed by atoms with van der Waals surface area (Å²) < 4.78 is 0. The van der Waals surface area contributed by atoms with Crippen LogP contribution in [-0.2, 0) is 110 Å². The molecule has 1 heterocycles. The lowest BCUT2D eigenvalue weighted by Gasteiger charge is -2.28. The minimum Gasteiger partial charge on any atom is -0.508 e. The van der Waals surface area contributed by atoms with E-state index in [0.29, 0.717) is 56.3 Å². The van der Waals surface area contributed by atoms with Crippen LogP contribution in [-0.4, -0.2) is 257 Å². The SMILES string of the molecule is CC[C@H](C)[C@H](NC(=O)[C@H](CO)CC(=O)[C@H](Cc1ccc(O)cc1)NC(=O)[C@H](CC(=O)O)CC(=O)[C@H](CO)NC(=O)[C@@H](CC(=O)[C@H](Cc1ccccc1)NC(=O)[C@@H](CC(=O)CNC(=O)[C@H](CCC(=O)O)CC(=O)CNC(=O)CN1CCCCC1=O)[C@@H](C)O)[C@@H](C)O)C(=O)C[C@@H](Cc1ccc(O)cc1)C(=O)N[C@@H](CC(C)C)C(=O)C[C@@H](CC(=O)O)C(=O)N[C@H](C)CCCCN. The standard InChI is InChI=1S/C90H128N10O28/c1-8-51(4)83(77(113)39-59(33-56-20-25-63(105)26-21-56)86(124)95-69(32-50(2)3)73(109)37-60(41-81(118)119)85(123)94-52(5)16-12-14-30-91)99-88(126)62(48-101)40-74(110)70(35-57-22-27-64(106)28-23-57)96-87(125)61(42-82(120)121)38-75(111)72(49-102)98-90(128)68(54(7)104)44-76(112)71(34-55-17-10-9-11-18-55)97-89(127)67(53(6)103)43-66(108)46-93-84(122)58(24-29-80(116)117)36-65(107)45-92-78(114)47-100-31-15-13-19-79(100)115/h9-11,17-18,20-23,25-28,50-54,58-62,67-72,83,101-106H,8,12-16,19,24,29-49,91H2,1-7H3,(H,92,114)(H,93,122)(H,94,123)(H,95,124)(H,96,125)(H,97,127)(H,98,128)(H,99,126)(H,116,117)(H,118,119)(H,120,121)/t51-,52+,53+,54+,58+,59+,60-,61-,62-,67-,68-,69-,70-,71-,72-,83-/m0/s1. The number of benzene rings is 3. The molecule has 0 saturated carbocycles. The summed E-state index contributed by atoms with van der Waals surface area (Å²) in [7, 11) is 0. The van der Waals surface area contributed by atoms with Gasteiger partial charge in [0.1, 0.15) is 17.5 Å². The van der Waals surface area contributed by atoms with Crippen LogP contribution in [0, 0.1) is 53.3 Å². The molecular formula is C90H128N10O28. The number of rotatable bonds is 63. The van der Waals surface area contributed by atoms with Gasteiger partial charge in [-0.25, -0.2) is 0 Å². The molecule has 0 spiro atoms. The normalized spacial score (nSPS) is 15.8. The molecule has 38 nitrogen and oxygen atoms in total. The van der Waals surface area contributed by atoms with Gasteiger partial charge < -0.3 is 99.1 Å². The Morgan fingerprint density at radius 3 is 1.41 bits per heavy atom. The number of phenols is 2. The first kappa shape index (κ1) is 109. The molecule has 0 radical (unpaired) electrons. The number of ketones is 7. The second-order valence-electron chi connectivity index (χ2n) is 33.6. The van der Waals surface area contributed by atoms with Crippen LogP contribution in [0.4, 0.5) is 0 Å². The fourth-order valence-corrected chi connectivity index (χ4v) is 14.7. The number of carbonyl (C=O) groups is 19. The first-order valence-corrected chi connectivity index (χ1v) is 43.3. The van der Waals surface area contributed by atoms with Crippen molar-refractivity contribution in [1.29, 1.82) is 0 Å². The maximum atomic E-state index is 14.8. The zero-order chi connectivity index (χ0) is 95.6. The lowest BCUT2D eigenvalue weighted by Crippen LogP contribution is -2.52. The molecule has 4 rings (SSSR count). The number of likely N-dealkylation sites (tertiary alicyclic amines) is 1. The summed E-state index contributed by atoms with van der Waals surface area (Å²) >= 11 is 0. The Labute approximate surface area is 743 Å². The van der Waals surface area contributed by atoms with Crippen molar-refractivity contribution < 1.29 is 137 Å². The third-order valence-electron chi connectivity index (χ3n) is 22.4. The lowest BCUT2D eigenvalue weighted by atomic mass is 9.85. The molecule has 0 aromatic heterocycles. The molecule has 16 atom stereocenters. The van der Waals surface area contributed by atoms with Crippen molar-refractivity contribution >= 4 is 112 Å². The molecule has 3 aromatic carbocycles. The summed E-state index contributed by atoms with van der Waals surface area (Å²) in [6.45, 7) is 7.61. The molecule has 3 aromatic rings. The van der Waals surface area contributed by atoms with E-state index in [4.69, 9.17) is 5.73 Å². The van der Waals surface area contributed by atoms with E-state index < -0.39 is 292 Å². The van der Waals surface area contributed by atoms with Crippen molar-refractivity contribution in [2.45, 2.75) is 238 Å². The van der Waals surface area contributed by atoms with Gasteiger partial charge in [0.05, 0.1) is 112 Å². The number of carbonyl (C=O) groups excluding carboxylic acids is 16. The number of aromatic hydroxyl groups is 2. The molecule has 0 bridgehead atoms. The van der Waals surface area contributed by atoms with Crippen LogP contribution in [0.25, 0.3) is 0 Å². The van der Waals surface area contributed by atoms with Crippen molar-refractivity contribution in [1.82, 2.24) is 47.4 Å². The number of phenolic OH excluding ortho intramolecular Hbond substituents is 2. The quantitative estimate of drug-likeness (QED) is 0.0352. The first-order chi connectivity index (χ1) is 60.4. The molecule has 706 valence electrons. The topological polar surface area (TPSA) is 632 Å². The Balaban J connectivity index is 1.54. The second kappa shape index (κ2) is 55.9. The number of aliphatic hydroxyl groups excluding tert-OH is 4. The number of hydrogen-bond acceptors (Lipinski definition) is 26. The van der Waals surface area contributed by atoms with Crippen LogP contribution in [0.15, 0.2) is 78.9 Å². The third kappa shape index (κ3) is 39.3. The maximum Gasteiger partial charge on any atom is 0.304 e. The van der Waals surface area contributed by atoms with Crippen LogP contribution in [0.5, 0.6) is 11.5 Å². The summed E-state index contributed by atoms with van der Waals surface area (Å²) in [5, 5.41) is 113. The minimum absolute atomic E-state index is 0.0251. The minimum atomic E-state index is -1.99. The predicted octanol–water partition coefficient (Wildman–Crippen LogP) is 1.11. The van der Waals surface area contributed by atoms with Crippen molar-refractivity contribution in [2.24, 2.45) is 59.0 Å². The number of hydrogen-bond donors (Lipinski definition) is 18. The van der Waals surface area contributed by atoms with Crippen molar-refractivity contribution in [3.63, 3.8) is 0 Å². The van der Waals surface area contributed by atoms with Crippen LogP contribution < -0.4 is 48.3 Å². The van der Waals surface area contributed by atoms with Gasteiger partial charge in [0.2, 0.25) is 53.2 Å². The van der Waals surface area contributed by atoms with E-state index in [0.717, 1.165) is 13.8 Å². The molecule has 1 saturated heterocycles. The summed E-state index contributed by atoms with van der Waals surface area (Å²) in [6, 6.07) is 10.4. The maximum absolute atomic E-state index is 14.8. The molecule has 9 amide bonds. The van der Waals surface area contributed by atoms with Gasteiger partial charge in [-0.15, -0.1) is 0 Å². The second-order valence-corrected chi connectivity index (χ2v) is 33.6. The van der Waals surface area contributed by atoms with E-state index in [-0.39, 0.29) is 80.0 Å². The monoisotopic (exact) mass is 1800 g/mol. The van der Waals surface area contributed by atoms with Gasteiger partial charge in [-0.1, -0.05) is 95.1 Å². The lowest BCUT2D eigenvalue weighted by molar-refractivity contribution is -0.143. The number of aliphatic carboxylic acids is 3. The Morgan fingerprint density at radius 2 is 0.898 bits per heavy atom.